The highest BCUT2D eigenvalue weighted by atomic mass is 16.5. The van der Waals surface area contributed by atoms with E-state index < -0.39 is 0 Å². The van der Waals surface area contributed by atoms with Gasteiger partial charge in [0, 0.05) is 19.6 Å². The Morgan fingerprint density at radius 1 is 0.583 bits per heavy atom. The molecule has 0 bridgehead atoms. The van der Waals surface area contributed by atoms with Crippen LogP contribution in [0.2, 0.25) is 0 Å². The summed E-state index contributed by atoms with van der Waals surface area (Å²) in [5.74, 6) is -0.107. The van der Waals surface area contributed by atoms with Crippen molar-refractivity contribution in [3.8, 4) is 0 Å². The number of unbranched alkanes of at least 4 members (excludes halogenated alkanes) is 8. The first-order valence-corrected chi connectivity index (χ1v) is 10.1. The van der Waals surface area contributed by atoms with E-state index in [1.54, 1.807) is 0 Å². The smallest absolute Gasteiger partial charge is 0.305 e. The fraction of sp³-hybridized carbons (Fsp3) is 0.950. The second-order valence-corrected chi connectivity index (χ2v) is 6.38. The molecule has 4 nitrogen and oxygen atoms in total. The molecule has 4 heteroatoms. The summed E-state index contributed by atoms with van der Waals surface area (Å²) in [6.07, 6.45) is 13.6. The van der Waals surface area contributed by atoms with Gasteiger partial charge in [0.1, 0.15) is 0 Å². The van der Waals surface area contributed by atoms with Gasteiger partial charge in [-0.25, -0.2) is 0 Å². The van der Waals surface area contributed by atoms with Gasteiger partial charge in [-0.15, -0.1) is 0 Å². The van der Waals surface area contributed by atoms with E-state index >= 15 is 0 Å². The van der Waals surface area contributed by atoms with E-state index in [1.807, 2.05) is 0 Å². The maximum atomic E-state index is 11.4. The summed E-state index contributed by atoms with van der Waals surface area (Å²) < 4.78 is 16.2. The monoisotopic (exact) mass is 344 g/mol. The van der Waals surface area contributed by atoms with Gasteiger partial charge in [-0.05, 0) is 19.3 Å². The zero-order valence-corrected chi connectivity index (χ0v) is 16.2. The lowest BCUT2D eigenvalue weighted by Gasteiger charge is -2.06. The number of rotatable bonds is 19. The Labute approximate surface area is 149 Å². The molecule has 0 spiro atoms. The molecule has 24 heavy (non-hydrogen) atoms. The van der Waals surface area contributed by atoms with Gasteiger partial charge in [0.2, 0.25) is 0 Å². The molecule has 0 aromatic heterocycles. The first-order chi connectivity index (χ1) is 11.8. The molecular formula is C20H40O4. The minimum Gasteiger partial charge on any atom is -0.466 e. The molecule has 0 atom stereocenters. The fourth-order valence-corrected chi connectivity index (χ4v) is 2.41. The van der Waals surface area contributed by atoms with Gasteiger partial charge in [-0.2, -0.15) is 0 Å². The molecule has 0 N–H and O–H groups in total. The lowest BCUT2D eigenvalue weighted by Crippen LogP contribution is -2.09. The molecule has 0 aliphatic rings. The Balaban J connectivity index is 3.08. The summed E-state index contributed by atoms with van der Waals surface area (Å²) in [6, 6.07) is 0. The minimum absolute atomic E-state index is 0.107. The number of esters is 1. The van der Waals surface area contributed by atoms with Gasteiger partial charge in [0.05, 0.1) is 19.8 Å². The average molecular weight is 345 g/mol. The van der Waals surface area contributed by atoms with Gasteiger partial charge in [0.25, 0.3) is 0 Å². The molecule has 0 fully saturated rings. The van der Waals surface area contributed by atoms with Crippen molar-refractivity contribution >= 4 is 5.97 Å². The highest BCUT2D eigenvalue weighted by Gasteiger charge is 2.02. The van der Waals surface area contributed by atoms with Crippen molar-refractivity contribution in [1.29, 1.82) is 0 Å². The maximum Gasteiger partial charge on any atom is 0.305 e. The molecule has 0 saturated heterocycles. The SMILES string of the molecule is CCCCCCCCCOCCOCCCC(=O)OCCCCC. The average Bonchev–Trinajstić information content (AvgIpc) is 2.59. The lowest BCUT2D eigenvalue weighted by atomic mass is 10.1. The summed E-state index contributed by atoms with van der Waals surface area (Å²) in [4.78, 5) is 11.4. The summed E-state index contributed by atoms with van der Waals surface area (Å²) >= 11 is 0. The van der Waals surface area contributed by atoms with E-state index in [2.05, 4.69) is 13.8 Å². The highest BCUT2D eigenvalue weighted by Crippen LogP contribution is 2.06. The van der Waals surface area contributed by atoms with Crippen LogP contribution in [0.4, 0.5) is 0 Å². The first kappa shape index (κ1) is 23.4. The van der Waals surface area contributed by atoms with E-state index in [9.17, 15) is 4.79 Å². The molecule has 0 aliphatic heterocycles. The summed E-state index contributed by atoms with van der Waals surface area (Å²) in [5.41, 5.74) is 0. The number of carbonyl (C=O) groups is 1. The Morgan fingerprint density at radius 3 is 1.75 bits per heavy atom. The van der Waals surface area contributed by atoms with Crippen molar-refractivity contribution in [3.63, 3.8) is 0 Å². The molecule has 0 amide bonds. The first-order valence-electron chi connectivity index (χ1n) is 10.1. The number of carbonyl (C=O) groups excluding carboxylic acids is 1. The summed E-state index contributed by atoms with van der Waals surface area (Å²) in [6.45, 7) is 7.64. The third kappa shape index (κ3) is 19.4. The largest absolute Gasteiger partial charge is 0.466 e. The Bertz CT molecular complexity index is 256. The van der Waals surface area contributed by atoms with Crippen LogP contribution in [0.3, 0.4) is 0 Å². The van der Waals surface area contributed by atoms with Crippen LogP contribution in [0.25, 0.3) is 0 Å². The van der Waals surface area contributed by atoms with Crippen LogP contribution in [-0.4, -0.2) is 39.0 Å². The molecule has 0 unspecified atom stereocenters. The molecule has 0 rings (SSSR count). The topological polar surface area (TPSA) is 44.8 Å². The highest BCUT2D eigenvalue weighted by molar-refractivity contribution is 5.69. The van der Waals surface area contributed by atoms with Crippen LogP contribution in [-0.2, 0) is 19.0 Å². The predicted molar refractivity (Wildman–Crippen MR) is 99.3 cm³/mol. The van der Waals surface area contributed by atoms with E-state index in [0.717, 1.165) is 38.7 Å². The second kappa shape index (κ2) is 20.4. The molecule has 0 aromatic rings. The number of hydrogen-bond donors (Lipinski definition) is 0. The summed E-state index contributed by atoms with van der Waals surface area (Å²) in [7, 11) is 0. The van der Waals surface area contributed by atoms with E-state index in [0.29, 0.717) is 32.8 Å². The van der Waals surface area contributed by atoms with Crippen molar-refractivity contribution in [1.82, 2.24) is 0 Å². The van der Waals surface area contributed by atoms with Gasteiger partial charge in [-0.1, -0.05) is 65.2 Å². The van der Waals surface area contributed by atoms with Gasteiger partial charge >= 0.3 is 5.97 Å². The minimum atomic E-state index is -0.107. The lowest BCUT2D eigenvalue weighted by molar-refractivity contribution is -0.144. The quantitative estimate of drug-likeness (QED) is 0.236. The van der Waals surface area contributed by atoms with Crippen LogP contribution >= 0.6 is 0 Å². The zero-order chi connectivity index (χ0) is 17.7. The van der Waals surface area contributed by atoms with Crippen molar-refractivity contribution < 1.29 is 19.0 Å². The van der Waals surface area contributed by atoms with E-state index in [1.165, 1.54) is 38.5 Å². The zero-order valence-electron chi connectivity index (χ0n) is 16.2. The number of hydrogen-bond acceptors (Lipinski definition) is 4. The van der Waals surface area contributed by atoms with Crippen LogP contribution in [0.1, 0.15) is 90.9 Å². The standard InChI is InChI=1S/C20H40O4/c1-3-5-7-8-9-10-12-15-22-18-19-23-16-13-14-20(21)24-17-11-6-4-2/h3-19H2,1-2H3. The van der Waals surface area contributed by atoms with Gasteiger partial charge in [-0.3, -0.25) is 4.79 Å². The molecule has 0 heterocycles. The molecule has 144 valence electrons. The molecular weight excluding hydrogens is 304 g/mol. The van der Waals surface area contributed by atoms with Crippen molar-refractivity contribution in [3.05, 3.63) is 0 Å². The molecule has 0 aromatic carbocycles. The van der Waals surface area contributed by atoms with E-state index in [4.69, 9.17) is 14.2 Å². The van der Waals surface area contributed by atoms with Crippen LogP contribution < -0.4 is 0 Å². The molecule has 0 aliphatic carbocycles. The molecule has 0 radical (unpaired) electrons. The van der Waals surface area contributed by atoms with Gasteiger partial charge < -0.3 is 14.2 Å². The van der Waals surface area contributed by atoms with Crippen molar-refractivity contribution in [2.24, 2.45) is 0 Å². The van der Waals surface area contributed by atoms with Crippen LogP contribution in [0.5, 0.6) is 0 Å². The van der Waals surface area contributed by atoms with Gasteiger partial charge in [0.15, 0.2) is 0 Å². The Kier molecular flexibility index (Phi) is 19.9. The maximum absolute atomic E-state index is 11.4. The predicted octanol–water partition coefficient (Wildman–Crippen LogP) is 5.28. The van der Waals surface area contributed by atoms with Crippen LogP contribution in [0, 0.1) is 0 Å². The van der Waals surface area contributed by atoms with Crippen LogP contribution in [0.15, 0.2) is 0 Å². The Hall–Kier alpha value is -0.610. The molecule has 0 saturated carbocycles. The normalized spacial score (nSPS) is 10.9. The fourth-order valence-electron chi connectivity index (χ4n) is 2.41. The second-order valence-electron chi connectivity index (χ2n) is 6.38. The van der Waals surface area contributed by atoms with Crippen molar-refractivity contribution in [2.75, 3.05) is 33.0 Å². The Morgan fingerprint density at radius 2 is 1.08 bits per heavy atom. The number of ether oxygens (including phenoxy) is 3. The van der Waals surface area contributed by atoms with E-state index in [-0.39, 0.29) is 5.97 Å². The third-order valence-electron chi connectivity index (χ3n) is 3.94. The summed E-state index contributed by atoms with van der Waals surface area (Å²) in [5, 5.41) is 0. The third-order valence-corrected chi connectivity index (χ3v) is 3.94. The van der Waals surface area contributed by atoms with Crippen molar-refractivity contribution in [2.45, 2.75) is 90.9 Å².